The first kappa shape index (κ1) is 11.9. The molecule has 0 spiro atoms. The molecule has 0 nitrogen and oxygen atoms in total. The lowest BCUT2D eigenvalue weighted by molar-refractivity contribution is 1.43. The van der Waals surface area contributed by atoms with Crippen molar-refractivity contribution in [1.29, 1.82) is 0 Å². The van der Waals surface area contributed by atoms with Crippen LogP contribution in [0.15, 0.2) is 88.7 Å². The molecule has 1 aliphatic rings. The summed E-state index contributed by atoms with van der Waals surface area (Å²) in [6, 6.07) is 28.3. The summed E-state index contributed by atoms with van der Waals surface area (Å²) in [7, 11) is 0. The first-order valence-electron chi connectivity index (χ1n) is 6.84. The molecule has 0 saturated heterocycles. The molecule has 1 aliphatic heterocycles. The lowest BCUT2D eigenvalue weighted by Crippen LogP contribution is -2.55. The molecule has 4 rings (SSSR count). The van der Waals surface area contributed by atoms with Crippen molar-refractivity contribution in [3.63, 3.8) is 0 Å². The maximum absolute atomic E-state index is 2.26. The van der Waals surface area contributed by atoms with Gasteiger partial charge in [-0.1, -0.05) is 94.9 Å². The molecule has 2 heteroatoms. The van der Waals surface area contributed by atoms with Crippen LogP contribution in [-0.4, -0.2) is 6.71 Å². The molecule has 0 amide bonds. The summed E-state index contributed by atoms with van der Waals surface area (Å²) in [4.78, 5) is 2.75. The standard InChI is InChI=1S/C18H13BS/c1-2-8-14(9-3-1)19-15-10-4-6-12-17(15)20-18-13-7-5-11-16(18)19/h1-13H. The van der Waals surface area contributed by atoms with Crippen LogP contribution < -0.4 is 16.4 Å². The van der Waals surface area contributed by atoms with Crippen molar-refractivity contribution in [2.24, 2.45) is 0 Å². The Bertz CT molecular complexity index is 707. The molecule has 3 aromatic carbocycles. The van der Waals surface area contributed by atoms with Gasteiger partial charge in [0.15, 0.2) is 0 Å². The topological polar surface area (TPSA) is 0 Å². The molecule has 0 unspecified atom stereocenters. The number of hydrogen-bond acceptors (Lipinski definition) is 1. The predicted molar refractivity (Wildman–Crippen MR) is 88.1 cm³/mol. The van der Waals surface area contributed by atoms with E-state index >= 15 is 0 Å². The van der Waals surface area contributed by atoms with Crippen LogP contribution >= 0.6 is 11.8 Å². The third kappa shape index (κ3) is 1.88. The first-order valence-corrected chi connectivity index (χ1v) is 7.66. The van der Waals surface area contributed by atoms with Crippen LogP contribution in [0, 0.1) is 0 Å². The van der Waals surface area contributed by atoms with E-state index in [1.165, 1.54) is 26.2 Å². The molecule has 0 radical (unpaired) electrons. The van der Waals surface area contributed by atoms with E-state index in [1.807, 2.05) is 11.8 Å². The third-order valence-electron chi connectivity index (χ3n) is 3.81. The Morgan fingerprint density at radius 1 is 0.550 bits per heavy atom. The van der Waals surface area contributed by atoms with Crippen molar-refractivity contribution >= 4 is 34.9 Å². The highest BCUT2D eigenvalue weighted by atomic mass is 32.2. The molecule has 0 bridgehead atoms. The Hall–Kier alpha value is -1.93. The van der Waals surface area contributed by atoms with Gasteiger partial charge in [0, 0.05) is 9.79 Å². The van der Waals surface area contributed by atoms with Crippen LogP contribution in [0.3, 0.4) is 0 Å². The van der Waals surface area contributed by atoms with E-state index < -0.39 is 0 Å². The van der Waals surface area contributed by atoms with E-state index in [4.69, 9.17) is 0 Å². The van der Waals surface area contributed by atoms with Crippen LogP contribution in [0.1, 0.15) is 0 Å². The monoisotopic (exact) mass is 272 g/mol. The Morgan fingerprint density at radius 2 is 1.05 bits per heavy atom. The first-order chi connectivity index (χ1) is 9.93. The summed E-state index contributed by atoms with van der Waals surface area (Å²) in [5, 5.41) is 0. The van der Waals surface area contributed by atoms with Crippen molar-refractivity contribution in [3.8, 4) is 0 Å². The van der Waals surface area contributed by atoms with Crippen LogP contribution in [0.4, 0.5) is 0 Å². The largest absolute Gasteiger partial charge is 0.244 e. The minimum atomic E-state index is 0.352. The Morgan fingerprint density at radius 3 is 1.65 bits per heavy atom. The summed E-state index contributed by atoms with van der Waals surface area (Å²) in [6.07, 6.45) is 0. The Kier molecular flexibility index (Phi) is 2.89. The van der Waals surface area contributed by atoms with E-state index in [9.17, 15) is 0 Å². The Labute approximate surface area is 123 Å². The number of hydrogen-bond donors (Lipinski definition) is 0. The molecule has 20 heavy (non-hydrogen) atoms. The van der Waals surface area contributed by atoms with E-state index in [0.29, 0.717) is 6.71 Å². The fourth-order valence-electron chi connectivity index (χ4n) is 2.91. The summed E-state index contributed by atoms with van der Waals surface area (Å²) >= 11 is 1.88. The fourth-order valence-corrected chi connectivity index (χ4v) is 4.05. The van der Waals surface area contributed by atoms with Crippen molar-refractivity contribution in [2.75, 3.05) is 0 Å². The van der Waals surface area contributed by atoms with Gasteiger partial charge in [0.25, 0.3) is 0 Å². The molecule has 0 aromatic heterocycles. The normalized spacial score (nSPS) is 12.7. The maximum atomic E-state index is 2.26. The summed E-state index contributed by atoms with van der Waals surface area (Å²) in [5.41, 5.74) is 4.21. The maximum Gasteiger partial charge on any atom is 0.244 e. The van der Waals surface area contributed by atoms with E-state index in [-0.39, 0.29) is 0 Å². The van der Waals surface area contributed by atoms with Gasteiger partial charge in [-0.05, 0) is 12.1 Å². The lowest BCUT2D eigenvalue weighted by Gasteiger charge is -2.25. The molecule has 0 N–H and O–H groups in total. The number of rotatable bonds is 1. The molecule has 94 valence electrons. The molecule has 0 saturated carbocycles. The fraction of sp³-hybridized carbons (Fsp3) is 0. The van der Waals surface area contributed by atoms with Crippen molar-refractivity contribution in [1.82, 2.24) is 0 Å². The van der Waals surface area contributed by atoms with Crippen LogP contribution in [0.25, 0.3) is 0 Å². The zero-order chi connectivity index (χ0) is 13.4. The van der Waals surface area contributed by atoms with Crippen molar-refractivity contribution in [3.05, 3.63) is 78.9 Å². The van der Waals surface area contributed by atoms with Crippen molar-refractivity contribution < 1.29 is 0 Å². The molecule has 0 atom stereocenters. The van der Waals surface area contributed by atoms with E-state index in [0.717, 1.165) is 0 Å². The Balaban J connectivity index is 1.98. The summed E-state index contributed by atoms with van der Waals surface area (Å²) in [5.74, 6) is 0. The second-order valence-corrected chi connectivity index (χ2v) is 6.11. The number of fused-ring (bicyclic) bond motifs is 2. The molecular weight excluding hydrogens is 259 g/mol. The van der Waals surface area contributed by atoms with Gasteiger partial charge < -0.3 is 0 Å². The molecule has 0 fully saturated rings. The van der Waals surface area contributed by atoms with Crippen LogP contribution in [0.2, 0.25) is 0 Å². The highest BCUT2D eigenvalue weighted by molar-refractivity contribution is 8.00. The van der Waals surface area contributed by atoms with Gasteiger partial charge in [0.1, 0.15) is 0 Å². The quantitative estimate of drug-likeness (QED) is 0.480. The van der Waals surface area contributed by atoms with Gasteiger partial charge in [-0.15, -0.1) is 0 Å². The van der Waals surface area contributed by atoms with Crippen molar-refractivity contribution in [2.45, 2.75) is 9.79 Å². The minimum Gasteiger partial charge on any atom is -0.0912 e. The van der Waals surface area contributed by atoms with E-state index in [2.05, 4.69) is 78.9 Å². The average molecular weight is 272 g/mol. The highest BCUT2D eigenvalue weighted by Gasteiger charge is 2.30. The molecule has 3 aromatic rings. The second kappa shape index (κ2) is 4.88. The smallest absolute Gasteiger partial charge is 0.0912 e. The van der Waals surface area contributed by atoms with Gasteiger partial charge in [0.05, 0.1) is 0 Å². The highest BCUT2D eigenvalue weighted by Crippen LogP contribution is 2.29. The van der Waals surface area contributed by atoms with Gasteiger partial charge in [-0.25, -0.2) is 0 Å². The minimum absolute atomic E-state index is 0.352. The van der Waals surface area contributed by atoms with Gasteiger partial charge in [0.2, 0.25) is 6.71 Å². The SMILES string of the molecule is c1ccc(B2c3ccccc3Sc3ccccc32)cc1. The number of benzene rings is 3. The molecule has 0 aliphatic carbocycles. The van der Waals surface area contributed by atoms with Gasteiger partial charge in [-0.2, -0.15) is 0 Å². The average Bonchev–Trinajstić information content (AvgIpc) is 2.53. The zero-order valence-corrected chi connectivity index (χ0v) is 11.8. The van der Waals surface area contributed by atoms with E-state index in [1.54, 1.807) is 0 Å². The van der Waals surface area contributed by atoms with Gasteiger partial charge in [-0.3, -0.25) is 0 Å². The lowest BCUT2D eigenvalue weighted by atomic mass is 9.36. The second-order valence-electron chi connectivity index (χ2n) is 5.02. The molecule has 1 heterocycles. The van der Waals surface area contributed by atoms with Crippen LogP contribution in [-0.2, 0) is 0 Å². The zero-order valence-electron chi connectivity index (χ0n) is 11.0. The molecular formula is C18H13BS. The summed E-state index contributed by atoms with van der Waals surface area (Å²) < 4.78 is 0. The predicted octanol–water partition coefficient (Wildman–Crippen LogP) is 2.67. The summed E-state index contributed by atoms with van der Waals surface area (Å²) in [6.45, 7) is 0.352. The third-order valence-corrected chi connectivity index (χ3v) is 5.00. The van der Waals surface area contributed by atoms with Crippen LogP contribution in [0.5, 0.6) is 0 Å². The van der Waals surface area contributed by atoms with Gasteiger partial charge >= 0.3 is 0 Å².